The standard InChI is InChI=1S/C22H34O2/c1-2-3-4-5-6-7-8-9-10-11-12-13-14-15-16-17-18-19-20-21-22(23)24/h3-4,6-7,9-10,12-13,15-16H,2,5,8,11,14,17-21H2,1H3,(H,23,24)/b4-3+,7-6+,10-9-,13-12+,16-15-. The van der Waals surface area contributed by atoms with Gasteiger partial charge in [0.25, 0.3) is 0 Å². The van der Waals surface area contributed by atoms with Crippen molar-refractivity contribution in [1.82, 2.24) is 0 Å². The Kier molecular flexibility index (Phi) is 17.8. The summed E-state index contributed by atoms with van der Waals surface area (Å²) in [5, 5.41) is 8.52. The number of carboxylic acids is 1. The van der Waals surface area contributed by atoms with Crippen molar-refractivity contribution in [1.29, 1.82) is 0 Å². The Bertz CT molecular complexity index is 425. The first kappa shape index (κ1) is 22.2. The Morgan fingerprint density at radius 3 is 1.58 bits per heavy atom. The first-order valence-electron chi connectivity index (χ1n) is 9.24. The topological polar surface area (TPSA) is 37.3 Å². The van der Waals surface area contributed by atoms with Crippen molar-refractivity contribution in [3.05, 3.63) is 60.8 Å². The highest BCUT2D eigenvalue weighted by atomic mass is 16.4. The van der Waals surface area contributed by atoms with Crippen molar-refractivity contribution in [2.75, 3.05) is 0 Å². The Hall–Kier alpha value is -1.83. The first-order chi connectivity index (χ1) is 11.8. The summed E-state index contributed by atoms with van der Waals surface area (Å²) in [4.78, 5) is 10.3. The van der Waals surface area contributed by atoms with E-state index in [0.29, 0.717) is 6.42 Å². The number of aliphatic carboxylic acids is 1. The lowest BCUT2D eigenvalue weighted by molar-refractivity contribution is -0.137. The Labute approximate surface area is 148 Å². The zero-order valence-electron chi connectivity index (χ0n) is 15.2. The first-order valence-corrected chi connectivity index (χ1v) is 9.24. The van der Waals surface area contributed by atoms with Crippen LogP contribution >= 0.6 is 0 Å². The van der Waals surface area contributed by atoms with Gasteiger partial charge in [-0.3, -0.25) is 4.79 Å². The summed E-state index contributed by atoms with van der Waals surface area (Å²) in [6, 6.07) is 0. The van der Waals surface area contributed by atoms with Crippen molar-refractivity contribution in [3.8, 4) is 0 Å². The molecule has 0 aromatic rings. The Balaban J connectivity index is 3.42. The Morgan fingerprint density at radius 2 is 1.12 bits per heavy atom. The van der Waals surface area contributed by atoms with E-state index in [0.717, 1.165) is 57.8 Å². The fraction of sp³-hybridized carbons (Fsp3) is 0.500. The predicted molar refractivity (Wildman–Crippen MR) is 105 cm³/mol. The van der Waals surface area contributed by atoms with Gasteiger partial charge >= 0.3 is 5.97 Å². The molecule has 2 nitrogen and oxygen atoms in total. The predicted octanol–water partition coefficient (Wildman–Crippen LogP) is 6.77. The van der Waals surface area contributed by atoms with Crippen LogP contribution in [0.3, 0.4) is 0 Å². The number of hydrogen-bond acceptors (Lipinski definition) is 1. The highest BCUT2D eigenvalue weighted by Crippen LogP contribution is 2.04. The molecule has 0 amide bonds. The second kappa shape index (κ2) is 19.2. The maximum atomic E-state index is 10.3. The molecule has 0 aliphatic carbocycles. The van der Waals surface area contributed by atoms with E-state index in [4.69, 9.17) is 5.11 Å². The number of carbonyl (C=O) groups is 1. The monoisotopic (exact) mass is 330 g/mol. The van der Waals surface area contributed by atoms with E-state index in [-0.39, 0.29) is 0 Å². The molecule has 0 atom stereocenters. The van der Waals surface area contributed by atoms with Crippen LogP contribution in [0.25, 0.3) is 0 Å². The molecular weight excluding hydrogens is 296 g/mol. The zero-order chi connectivity index (χ0) is 17.7. The van der Waals surface area contributed by atoms with Crippen LogP contribution in [0.1, 0.15) is 71.1 Å². The van der Waals surface area contributed by atoms with Gasteiger partial charge in [0, 0.05) is 6.42 Å². The largest absolute Gasteiger partial charge is 0.481 e. The van der Waals surface area contributed by atoms with Crippen molar-refractivity contribution in [2.45, 2.75) is 71.1 Å². The van der Waals surface area contributed by atoms with Gasteiger partial charge < -0.3 is 5.11 Å². The third kappa shape index (κ3) is 20.2. The summed E-state index contributed by atoms with van der Waals surface area (Å²) < 4.78 is 0. The number of carboxylic acid groups (broad SMARTS) is 1. The Morgan fingerprint density at radius 1 is 0.667 bits per heavy atom. The smallest absolute Gasteiger partial charge is 0.303 e. The lowest BCUT2D eigenvalue weighted by Crippen LogP contribution is -1.93. The van der Waals surface area contributed by atoms with Crippen molar-refractivity contribution in [3.63, 3.8) is 0 Å². The number of unbranched alkanes of at least 4 members (excludes halogenated alkanes) is 3. The van der Waals surface area contributed by atoms with E-state index >= 15 is 0 Å². The maximum absolute atomic E-state index is 10.3. The molecule has 24 heavy (non-hydrogen) atoms. The van der Waals surface area contributed by atoms with Gasteiger partial charge in [0.05, 0.1) is 0 Å². The fourth-order valence-corrected chi connectivity index (χ4v) is 2.08. The summed E-state index contributed by atoms with van der Waals surface area (Å²) in [5.74, 6) is -0.690. The molecule has 0 saturated heterocycles. The van der Waals surface area contributed by atoms with E-state index in [2.05, 4.69) is 67.7 Å². The van der Waals surface area contributed by atoms with Crippen LogP contribution in [-0.2, 0) is 4.79 Å². The molecule has 2 heteroatoms. The molecule has 134 valence electrons. The lowest BCUT2D eigenvalue weighted by atomic mass is 10.1. The summed E-state index contributed by atoms with van der Waals surface area (Å²) in [6.45, 7) is 2.15. The molecule has 0 aromatic carbocycles. The second-order valence-electron chi connectivity index (χ2n) is 5.70. The molecular formula is C22H34O2. The van der Waals surface area contributed by atoms with Gasteiger partial charge in [-0.25, -0.2) is 0 Å². The summed E-state index contributed by atoms with van der Waals surface area (Å²) >= 11 is 0. The molecule has 0 radical (unpaired) electrons. The third-order valence-corrected chi connectivity index (χ3v) is 3.42. The second-order valence-corrected chi connectivity index (χ2v) is 5.70. The molecule has 0 saturated carbocycles. The van der Waals surface area contributed by atoms with Crippen LogP contribution < -0.4 is 0 Å². The number of hydrogen-bond donors (Lipinski definition) is 1. The maximum Gasteiger partial charge on any atom is 0.303 e. The van der Waals surface area contributed by atoms with Gasteiger partial charge in [0.2, 0.25) is 0 Å². The third-order valence-electron chi connectivity index (χ3n) is 3.42. The van der Waals surface area contributed by atoms with Gasteiger partial charge in [0.15, 0.2) is 0 Å². The molecule has 0 rings (SSSR count). The summed E-state index contributed by atoms with van der Waals surface area (Å²) in [5.41, 5.74) is 0. The fourth-order valence-electron chi connectivity index (χ4n) is 2.08. The SMILES string of the molecule is CC/C=C/C/C=C/C/C=C\C/C=C/C/C=C\CCCCCC(=O)O. The molecule has 0 spiro atoms. The van der Waals surface area contributed by atoms with E-state index in [1.165, 1.54) is 0 Å². The van der Waals surface area contributed by atoms with Crippen LogP contribution in [0.15, 0.2) is 60.8 Å². The van der Waals surface area contributed by atoms with Gasteiger partial charge in [-0.05, 0) is 51.4 Å². The van der Waals surface area contributed by atoms with Crippen LogP contribution in [0.2, 0.25) is 0 Å². The van der Waals surface area contributed by atoms with Gasteiger partial charge in [-0.15, -0.1) is 0 Å². The number of allylic oxidation sites excluding steroid dienone is 10. The van der Waals surface area contributed by atoms with Crippen molar-refractivity contribution < 1.29 is 9.90 Å². The normalized spacial score (nSPS) is 12.7. The van der Waals surface area contributed by atoms with E-state index in [9.17, 15) is 4.79 Å². The quantitative estimate of drug-likeness (QED) is 0.265. The van der Waals surface area contributed by atoms with Gasteiger partial charge in [-0.1, -0.05) is 74.1 Å². The van der Waals surface area contributed by atoms with Gasteiger partial charge in [0.1, 0.15) is 0 Å². The molecule has 0 bridgehead atoms. The zero-order valence-corrected chi connectivity index (χ0v) is 15.2. The average molecular weight is 331 g/mol. The molecule has 0 aliphatic rings. The highest BCUT2D eigenvalue weighted by Gasteiger charge is 1.94. The minimum Gasteiger partial charge on any atom is -0.481 e. The summed E-state index contributed by atoms with van der Waals surface area (Å²) in [7, 11) is 0. The molecule has 1 N–H and O–H groups in total. The minimum absolute atomic E-state index is 0.297. The van der Waals surface area contributed by atoms with E-state index < -0.39 is 5.97 Å². The molecule has 0 aromatic heterocycles. The van der Waals surface area contributed by atoms with Gasteiger partial charge in [-0.2, -0.15) is 0 Å². The molecule has 0 fully saturated rings. The average Bonchev–Trinajstić information content (AvgIpc) is 2.56. The van der Waals surface area contributed by atoms with E-state index in [1.54, 1.807) is 0 Å². The van der Waals surface area contributed by atoms with Crippen molar-refractivity contribution >= 4 is 5.97 Å². The van der Waals surface area contributed by atoms with Crippen LogP contribution in [0.4, 0.5) is 0 Å². The van der Waals surface area contributed by atoms with E-state index in [1.807, 2.05) is 0 Å². The lowest BCUT2D eigenvalue weighted by Gasteiger charge is -1.94. The van der Waals surface area contributed by atoms with Crippen LogP contribution in [0.5, 0.6) is 0 Å². The molecule has 0 unspecified atom stereocenters. The van der Waals surface area contributed by atoms with Crippen LogP contribution in [-0.4, -0.2) is 11.1 Å². The highest BCUT2D eigenvalue weighted by molar-refractivity contribution is 5.66. The number of rotatable bonds is 15. The molecule has 0 aliphatic heterocycles. The van der Waals surface area contributed by atoms with Crippen molar-refractivity contribution in [2.24, 2.45) is 0 Å². The minimum atomic E-state index is -0.690. The summed E-state index contributed by atoms with van der Waals surface area (Å²) in [6.07, 6.45) is 31.3. The van der Waals surface area contributed by atoms with Crippen LogP contribution in [0, 0.1) is 0 Å². The molecule has 0 heterocycles.